The quantitative estimate of drug-likeness (QED) is 0.280. The van der Waals surface area contributed by atoms with E-state index >= 15 is 0 Å². The van der Waals surface area contributed by atoms with Crippen LogP contribution in [0.1, 0.15) is 36.0 Å². The van der Waals surface area contributed by atoms with Gasteiger partial charge in [-0.3, -0.25) is 9.59 Å². The predicted molar refractivity (Wildman–Crippen MR) is 96.3 cm³/mol. The van der Waals surface area contributed by atoms with Gasteiger partial charge in [0, 0.05) is 18.4 Å². The van der Waals surface area contributed by atoms with E-state index < -0.39 is 0 Å². The zero-order chi connectivity index (χ0) is 16.9. The molecule has 0 aliphatic heterocycles. The lowest BCUT2D eigenvalue weighted by atomic mass is 9.93. The molecule has 3 rings (SSSR count). The van der Waals surface area contributed by atoms with Crippen molar-refractivity contribution in [3.63, 3.8) is 0 Å². The van der Waals surface area contributed by atoms with Crippen molar-refractivity contribution < 1.29 is 14.3 Å². The van der Waals surface area contributed by atoms with Gasteiger partial charge < -0.3 is 4.74 Å². The van der Waals surface area contributed by atoms with Crippen LogP contribution in [0.4, 0.5) is 0 Å². The number of benzene rings is 3. The van der Waals surface area contributed by atoms with Crippen molar-refractivity contribution in [2.45, 2.75) is 25.7 Å². The van der Waals surface area contributed by atoms with Gasteiger partial charge in [-0.2, -0.15) is 0 Å². The summed E-state index contributed by atoms with van der Waals surface area (Å²) in [5, 5.41) is 4.34. The highest BCUT2D eigenvalue weighted by Crippen LogP contribution is 2.29. The standard InChI is InChI=1S/C21H20O3/c1-24-21(23)13-7-6-12-20(22)19-14-15-8-2-3-9-16(15)17-10-4-5-11-18(17)19/h2-5,8-11,14H,6-7,12-13H2,1H3. The number of carbonyl (C=O) groups excluding carboxylic acids is 2. The van der Waals surface area contributed by atoms with Crippen molar-refractivity contribution in [1.82, 2.24) is 0 Å². The summed E-state index contributed by atoms with van der Waals surface area (Å²) in [7, 11) is 1.38. The third kappa shape index (κ3) is 3.30. The average Bonchev–Trinajstić information content (AvgIpc) is 2.64. The molecule has 0 amide bonds. The number of ether oxygens (including phenoxy) is 1. The smallest absolute Gasteiger partial charge is 0.305 e. The molecule has 3 nitrogen and oxygen atoms in total. The maximum absolute atomic E-state index is 12.7. The van der Waals surface area contributed by atoms with Gasteiger partial charge in [-0.05, 0) is 40.5 Å². The molecule has 0 N–H and O–H groups in total. The number of hydrogen-bond donors (Lipinski definition) is 0. The Hall–Kier alpha value is -2.68. The highest BCUT2D eigenvalue weighted by Gasteiger charge is 2.13. The second kappa shape index (κ2) is 7.26. The summed E-state index contributed by atoms with van der Waals surface area (Å²) < 4.78 is 4.62. The Kier molecular flexibility index (Phi) is 4.90. The SMILES string of the molecule is COC(=O)CCCCC(=O)c1cc2ccccc2c2ccccc12. The molecule has 0 fully saturated rings. The summed E-state index contributed by atoms with van der Waals surface area (Å²) in [6.45, 7) is 0. The lowest BCUT2D eigenvalue weighted by molar-refractivity contribution is -0.140. The van der Waals surface area contributed by atoms with Gasteiger partial charge in [-0.25, -0.2) is 0 Å². The molecule has 0 saturated carbocycles. The molecule has 0 aliphatic rings. The summed E-state index contributed by atoms with van der Waals surface area (Å²) in [5.41, 5.74) is 0.766. The number of fused-ring (bicyclic) bond motifs is 3. The summed E-state index contributed by atoms with van der Waals surface area (Å²) >= 11 is 0. The molecule has 0 saturated heterocycles. The molecule has 122 valence electrons. The Balaban J connectivity index is 1.87. The molecule has 0 aromatic heterocycles. The number of esters is 1. The van der Waals surface area contributed by atoms with Crippen LogP contribution in [0, 0.1) is 0 Å². The van der Waals surface area contributed by atoms with E-state index in [1.165, 1.54) is 7.11 Å². The molecule has 3 heteroatoms. The van der Waals surface area contributed by atoms with Gasteiger partial charge in [0.15, 0.2) is 5.78 Å². The van der Waals surface area contributed by atoms with Crippen molar-refractivity contribution in [3.8, 4) is 0 Å². The van der Waals surface area contributed by atoms with Crippen LogP contribution in [0.15, 0.2) is 54.6 Å². The van der Waals surface area contributed by atoms with Gasteiger partial charge in [0.25, 0.3) is 0 Å². The van der Waals surface area contributed by atoms with E-state index in [4.69, 9.17) is 0 Å². The Morgan fingerprint density at radius 2 is 1.46 bits per heavy atom. The fourth-order valence-electron chi connectivity index (χ4n) is 3.08. The summed E-state index contributed by atoms with van der Waals surface area (Å²) in [6, 6.07) is 18.1. The van der Waals surface area contributed by atoms with Gasteiger partial charge >= 0.3 is 5.97 Å². The normalized spacial score (nSPS) is 10.9. The van der Waals surface area contributed by atoms with Crippen LogP contribution in [0.3, 0.4) is 0 Å². The summed E-state index contributed by atoms with van der Waals surface area (Å²) in [5.74, 6) is -0.0968. The third-order valence-corrected chi connectivity index (χ3v) is 4.33. The fourth-order valence-corrected chi connectivity index (χ4v) is 3.08. The zero-order valence-corrected chi connectivity index (χ0v) is 13.7. The highest BCUT2D eigenvalue weighted by atomic mass is 16.5. The molecule has 3 aromatic carbocycles. The van der Waals surface area contributed by atoms with Gasteiger partial charge in [-0.15, -0.1) is 0 Å². The molecule has 3 aromatic rings. The van der Waals surface area contributed by atoms with Crippen molar-refractivity contribution in [1.29, 1.82) is 0 Å². The second-order valence-corrected chi connectivity index (χ2v) is 5.90. The summed E-state index contributed by atoms with van der Waals surface area (Å²) in [4.78, 5) is 23.8. The minimum absolute atomic E-state index is 0.127. The fraction of sp³-hybridized carbons (Fsp3) is 0.238. The van der Waals surface area contributed by atoms with Gasteiger partial charge in [0.2, 0.25) is 0 Å². The molecule has 0 bridgehead atoms. The Morgan fingerprint density at radius 1 is 0.833 bits per heavy atom. The van der Waals surface area contributed by atoms with Crippen molar-refractivity contribution in [2.24, 2.45) is 0 Å². The first kappa shape index (κ1) is 16.2. The number of unbranched alkanes of at least 4 members (excludes halogenated alkanes) is 1. The molecule has 0 unspecified atom stereocenters. The number of hydrogen-bond acceptors (Lipinski definition) is 3. The number of rotatable bonds is 6. The average molecular weight is 320 g/mol. The molecular formula is C21H20O3. The molecule has 0 aliphatic carbocycles. The largest absolute Gasteiger partial charge is 0.469 e. The van der Waals surface area contributed by atoms with E-state index in [0.29, 0.717) is 25.7 Å². The monoisotopic (exact) mass is 320 g/mol. The maximum atomic E-state index is 12.7. The first-order valence-electron chi connectivity index (χ1n) is 8.21. The van der Waals surface area contributed by atoms with Crippen LogP contribution in [-0.4, -0.2) is 18.9 Å². The number of carbonyl (C=O) groups is 2. The van der Waals surface area contributed by atoms with Crippen molar-refractivity contribution in [2.75, 3.05) is 7.11 Å². The number of Topliss-reactive ketones (excluding diaryl/α,β-unsaturated/α-hetero) is 1. The lowest BCUT2D eigenvalue weighted by Gasteiger charge is -2.10. The van der Waals surface area contributed by atoms with Crippen LogP contribution < -0.4 is 0 Å². The molecular weight excluding hydrogens is 300 g/mol. The van der Waals surface area contributed by atoms with Crippen molar-refractivity contribution in [3.05, 3.63) is 60.2 Å². The van der Waals surface area contributed by atoms with Gasteiger partial charge in [0.1, 0.15) is 0 Å². The second-order valence-electron chi connectivity index (χ2n) is 5.90. The van der Waals surface area contributed by atoms with E-state index in [9.17, 15) is 9.59 Å². The topological polar surface area (TPSA) is 43.4 Å². The molecule has 0 radical (unpaired) electrons. The number of ketones is 1. The van der Waals surface area contributed by atoms with Gasteiger partial charge in [-0.1, -0.05) is 48.5 Å². The maximum Gasteiger partial charge on any atom is 0.305 e. The van der Waals surface area contributed by atoms with E-state index in [1.807, 2.05) is 42.5 Å². The Labute approximate surface area is 141 Å². The zero-order valence-electron chi connectivity index (χ0n) is 13.7. The van der Waals surface area contributed by atoms with Crippen LogP contribution >= 0.6 is 0 Å². The van der Waals surface area contributed by atoms with Crippen LogP contribution in [0.5, 0.6) is 0 Å². The van der Waals surface area contributed by atoms with Gasteiger partial charge in [0.05, 0.1) is 7.11 Å². The van der Waals surface area contributed by atoms with Crippen LogP contribution in [-0.2, 0) is 9.53 Å². The van der Waals surface area contributed by atoms with Crippen LogP contribution in [0.25, 0.3) is 21.5 Å². The predicted octanol–water partition coefficient (Wildman–Crippen LogP) is 4.91. The molecule has 0 atom stereocenters. The molecule has 24 heavy (non-hydrogen) atoms. The summed E-state index contributed by atoms with van der Waals surface area (Å²) in [6.07, 6.45) is 2.17. The Morgan fingerprint density at radius 3 is 2.21 bits per heavy atom. The molecule has 0 heterocycles. The highest BCUT2D eigenvalue weighted by molar-refractivity contribution is 6.17. The van der Waals surface area contributed by atoms with E-state index in [1.54, 1.807) is 0 Å². The first-order valence-corrected chi connectivity index (χ1v) is 8.21. The molecule has 0 spiro atoms. The van der Waals surface area contributed by atoms with Crippen LogP contribution in [0.2, 0.25) is 0 Å². The van der Waals surface area contributed by atoms with E-state index in [2.05, 4.69) is 16.9 Å². The lowest BCUT2D eigenvalue weighted by Crippen LogP contribution is -2.03. The minimum atomic E-state index is -0.224. The minimum Gasteiger partial charge on any atom is -0.469 e. The first-order chi connectivity index (χ1) is 11.7. The van der Waals surface area contributed by atoms with E-state index in [-0.39, 0.29) is 11.8 Å². The Bertz CT molecular complexity index is 896. The number of methoxy groups -OCH3 is 1. The van der Waals surface area contributed by atoms with E-state index in [0.717, 1.165) is 27.1 Å². The third-order valence-electron chi connectivity index (χ3n) is 4.33. The van der Waals surface area contributed by atoms with Crippen molar-refractivity contribution >= 4 is 33.3 Å².